The molecule has 0 radical (unpaired) electrons. The molecule has 1 aliphatic rings. The molecule has 290 valence electrons. The van der Waals surface area contributed by atoms with E-state index in [-0.39, 0.29) is 0 Å². The average molecular weight is 827 g/mol. The van der Waals surface area contributed by atoms with Gasteiger partial charge in [-0.25, -0.2) is 15.0 Å². The molecule has 0 saturated heterocycles. The van der Waals surface area contributed by atoms with E-state index in [0.717, 1.165) is 55.7 Å². The van der Waals surface area contributed by atoms with Gasteiger partial charge in [-0.05, 0) is 93.2 Å². The fourth-order valence-electron chi connectivity index (χ4n) is 9.41. The number of thioether (sulfide) groups is 1. The molecule has 0 bridgehead atoms. The number of para-hydroxylation sites is 1. The van der Waals surface area contributed by atoms with E-state index in [1.165, 1.54) is 57.9 Å². The molecule has 1 aliphatic heterocycles. The van der Waals surface area contributed by atoms with Crippen LogP contribution >= 0.6 is 23.1 Å². The van der Waals surface area contributed by atoms with Crippen LogP contribution in [0, 0.1) is 0 Å². The lowest BCUT2D eigenvalue weighted by molar-refractivity contribution is 1.07. The van der Waals surface area contributed by atoms with Gasteiger partial charge in [0, 0.05) is 52.7 Å². The molecule has 0 atom stereocenters. The van der Waals surface area contributed by atoms with Crippen molar-refractivity contribution in [3.8, 4) is 62.1 Å². The summed E-state index contributed by atoms with van der Waals surface area (Å²) in [5.41, 5.74) is 12.2. The predicted octanol–water partition coefficient (Wildman–Crippen LogP) is 15.4. The number of hydrogen-bond acceptors (Lipinski definition) is 5. The molecule has 4 heterocycles. The molecule has 4 nitrogen and oxygen atoms in total. The first-order chi connectivity index (χ1) is 30.7. The third-order valence-corrected chi connectivity index (χ3v) is 14.6. The van der Waals surface area contributed by atoms with Crippen LogP contribution in [0.5, 0.6) is 0 Å². The van der Waals surface area contributed by atoms with Crippen molar-refractivity contribution in [2.24, 2.45) is 0 Å². The number of nitrogens with zero attached hydrogens (tertiary/aromatic N) is 4. The molecule has 0 spiro atoms. The summed E-state index contributed by atoms with van der Waals surface area (Å²) >= 11 is 3.71. The molecule has 13 rings (SSSR count). The Bertz CT molecular complexity index is 3770. The lowest BCUT2D eigenvalue weighted by Gasteiger charge is -2.20. The van der Waals surface area contributed by atoms with Gasteiger partial charge in [0.2, 0.25) is 0 Å². The first-order valence-electron chi connectivity index (χ1n) is 20.9. The summed E-state index contributed by atoms with van der Waals surface area (Å²) in [4.78, 5) is 17.8. The topological polar surface area (TPSA) is 43.6 Å². The maximum atomic E-state index is 5.57. The quantitative estimate of drug-likeness (QED) is 0.173. The van der Waals surface area contributed by atoms with Crippen LogP contribution in [0.4, 0.5) is 0 Å². The Morgan fingerprint density at radius 3 is 2.00 bits per heavy atom. The van der Waals surface area contributed by atoms with Gasteiger partial charge in [0.1, 0.15) is 0 Å². The smallest absolute Gasteiger partial charge is 0.166 e. The van der Waals surface area contributed by atoms with E-state index < -0.39 is 0 Å². The van der Waals surface area contributed by atoms with Crippen molar-refractivity contribution < 1.29 is 0 Å². The lowest BCUT2D eigenvalue weighted by Crippen LogP contribution is -2.05. The van der Waals surface area contributed by atoms with Crippen molar-refractivity contribution in [3.05, 3.63) is 200 Å². The van der Waals surface area contributed by atoms with Crippen LogP contribution in [-0.2, 0) is 5.75 Å². The van der Waals surface area contributed by atoms with E-state index in [1.54, 1.807) is 0 Å². The number of aromatic nitrogens is 4. The van der Waals surface area contributed by atoms with Crippen molar-refractivity contribution in [1.82, 2.24) is 19.5 Å². The van der Waals surface area contributed by atoms with Gasteiger partial charge in [0.05, 0.1) is 22.3 Å². The molecule has 0 aliphatic carbocycles. The zero-order chi connectivity index (χ0) is 40.7. The van der Waals surface area contributed by atoms with Gasteiger partial charge in [-0.2, -0.15) is 0 Å². The summed E-state index contributed by atoms with van der Waals surface area (Å²) in [6.45, 7) is 0. The van der Waals surface area contributed by atoms with E-state index in [9.17, 15) is 0 Å². The molecule has 0 saturated carbocycles. The Kier molecular flexibility index (Phi) is 8.05. The summed E-state index contributed by atoms with van der Waals surface area (Å²) in [5.74, 6) is 2.84. The van der Waals surface area contributed by atoms with Gasteiger partial charge < -0.3 is 4.57 Å². The van der Waals surface area contributed by atoms with E-state index >= 15 is 0 Å². The highest BCUT2D eigenvalue weighted by molar-refractivity contribution is 7.98. The molecule has 0 fully saturated rings. The summed E-state index contributed by atoms with van der Waals surface area (Å²) in [7, 11) is 0. The van der Waals surface area contributed by atoms with Crippen molar-refractivity contribution in [2.75, 3.05) is 0 Å². The number of hydrogen-bond donors (Lipinski definition) is 0. The highest BCUT2D eigenvalue weighted by atomic mass is 32.2. The zero-order valence-corrected chi connectivity index (χ0v) is 34.9. The monoisotopic (exact) mass is 826 g/mol. The van der Waals surface area contributed by atoms with Gasteiger partial charge >= 0.3 is 0 Å². The van der Waals surface area contributed by atoms with Crippen LogP contribution in [0.15, 0.2) is 199 Å². The minimum absolute atomic E-state index is 0.632. The largest absolute Gasteiger partial charge is 0.308 e. The van der Waals surface area contributed by atoms with Crippen molar-refractivity contribution >= 4 is 75.8 Å². The van der Waals surface area contributed by atoms with Crippen LogP contribution in [0.3, 0.4) is 0 Å². The van der Waals surface area contributed by atoms with E-state index in [1.807, 2.05) is 23.1 Å². The van der Waals surface area contributed by atoms with E-state index in [2.05, 4.69) is 199 Å². The number of thiophene rings is 1. The van der Waals surface area contributed by atoms with Crippen LogP contribution in [0.2, 0.25) is 0 Å². The molecule has 6 heteroatoms. The Morgan fingerprint density at radius 2 is 1.11 bits per heavy atom. The summed E-state index contributed by atoms with van der Waals surface area (Å²) < 4.78 is 4.85. The van der Waals surface area contributed by atoms with Crippen LogP contribution in [-0.4, -0.2) is 19.5 Å². The van der Waals surface area contributed by atoms with Gasteiger partial charge in [-0.15, -0.1) is 23.1 Å². The second-order valence-corrected chi connectivity index (χ2v) is 18.0. The second-order valence-electron chi connectivity index (χ2n) is 15.9. The fourth-order valence-corrected chi connectivity index (χ4v) is 11.6. The van der Waals surface area contributed by atoms with Gasteiger partial charge in [0.25, 0.3) is 0 Å². The summed E-state index contributed by atoms with van der Waals surface area (Å²) in [6.07, 6.45) is 0. The highest BCUT2D eigenvalue weighted by Crippen LogP contribution is 2.46. The number of rotatable bonds is 5. The van der Waals surface area contributed by atoms with E-state index in [0.29, 0.717) is 17.5 Å². The molecule has 12 aromatic rings. The van der Waals surface area contributed by atoms with Crippen LogP contribution in [0.1, 0.15) is 5.56 Å². The first-order valence-corrected chi connectivity index (χ1v) is 22.7. The Balaban J connectivity index is 1.13. The molecule has 0 amide bonds. The normalized spacial score (nSPS) is 12.4. The lowest BCUT2D eigenvalue weighted by atomic mass is 9.97. The van der Waals surface area contributed by atoms with Crippen molar-refractivity contribution in [3.63, 3.8) is 0 Å². The fraction of sp³-hybridized carbons (Fsp3) is 0.0179. The second kappa shape index (κ2) is 14.1. The third kappa shape index (κ3) is 5.64. The van der Waals surface area contributed by atoms with Gasteiger partial charge in [0.15, 0.2) is 17.5 Å². The Morgan fingerprint density at radius 1 is 0.419 bits per heavy atom. The number of benzene rings is 9. The maximum Gasteiger partial charge on any atom is 0.166 e. The summed E-state index contributed by atoms with van der Waals surface area (Å²) in [6, 6.07) is 69.9. The molecule has 9 aromatic carbocycles. The average Bonchev–Trinajstić information content (AvgIpc) is 3.88. The molecular formula is C56H34N4S2. The highest BCUT2D eigenvalue weighted by Gasteiger charge is 2.25. The Labute approximate surface area is 365 Å². The zero-order valence-electron chi connectivity index (χ0n) is 33.3. The molecule has 62 heavy (non-hydrogen) atoms. The van der Waals surface area contributed by atoms with Crippen molar-refractivity contribution in [1.29, 1.82) is 0 Å². The van der Waals surface area contributed by atoms with Crippen LogP contribution in [0.25, 0.3) is 115 Å². The first kappa shape index (κ1) is 35.4. The standard InChI is InChI=1S/C56H34N4S2/c1-2-13-34(14-3-1)35-17-12-18-38(29-35)54-57-55(39-25-26-40-33-61-49-23-10-7-20-42(49)44(40)31-39)59-56(58-54)53-47(27-28-51-52(53)43-21-8-11-24-50(43)62-51)60-46-22-9-6-19-41(46)45-30-36-15-4-5-16-37(36)32-48(45)60/h1-32H,33H2. The predicted molar refractivity (Wildman–Crippen MR) is 261 cm³/mol. The maximum absolute atomic E-state index is 5.57. The molecule has 3 aromatic heterocycles. The molecule has 0 N–H and O–H groups in total. The van der Waals surface area contributed by atoms with Gasteiger partial charge in [-0.3, -0.25) is 0 Å². The van der Waals surface area contributed by atoms with Gasteiger partial charge in [-0.1, -0.05) is 140 Å². The SMILES string of the molecule is c1ccc(-c2cccc(-c3nc(-c4ccc5c(c4)-c4ccccc4SC5)nc(-c4c(-n5c6ccccc6c6cc7ccccc7cc65)ccc5sc6ccccc6c45)n3)c2)cc1. The minimum Gasteiger partial charge on any atom is -0.308 e. The minimum atomic E-state index is 0.632. The van der Waals surface area contributed by atoms with Crippen LogP contribution < -0.4 is 0 Å². The summed E-state index contributed by atoms with van der Waals surface area (Å²) in [5, 5.41) is 7.17. The third-order valence-electron chi connectivity index (χ3n) is 12.3. The molecule has 0 unspecified atom stereocenters. The van der Waals surface area contributed by atoms with Crippen molar-refractivity contribution in [2.45, 2.75) is 10.6 Å². The Hall–Kier alpha value is -7.38. The number of fused-ring (bicyclic) bond motifs is 10. The van der Waals surface area contributed by atoms with E-state index in [4.69, 9.17) is 15.0 Å². The molecular weight excluding hydrogens is 793 g/mol.